The van der Waals surface area contributed by atoms with Crippen molar-refractivity contribution in [2.45, 2.75) is 13.5 Å². The zero-order chi connectivity index (χ0) is 17.5. The molecule has 0 N–H and O–H groups in total. The Labute approximate surface area is 148 Å². The summed E-state index contributed by atoms with van der Waals surface area (Å²) < 4.78 is 5.97. The Morgan fingerprint density at radius 1 is 0.920 bits per heavy atom. The van der Waals surface area contributed by atoms with Crippen molar-refractivity contribution >= 4 is 11.6 Å². The number of nitriles is 1. The highest BCUT2D eigenvalue weighted by molar-refractivity contribution is 5.90. The van der Waals surface area contributed by atoms with Crippen LogP contribution in [-0.2, 0) is 6.61 Å². The average Bonchev–Trinajstić information content (AvgIpc) is 2.67. The summed E-state index contributed by atoms with van der Waals surface area (Å²) in [5.41, 5.74) is 4.71. The first-order valence-electron chi connectivity index (χ1n) is 8.21. The van der Waals surface area contributed by atoms with Gasteiger partial charge in [0.2, 0.25) is 0 Å². The number of aryl methyl sites for hydroxylation is 1. The zero-order valence-electron chi connectivity index (χ0n) is 14.1. The van der Waals surface area contributed by atoms with E-state index >= 15 is 0 Å². The monoisotopic (exact) mass is 325 g/mol. The van der Waals surface area contributed by atoms with E-state index in [0.717, 1.165) is 22.4 Å². The summed E-state index contributed by atoms with van der Waals surface area (Å²) in [5.74, 6) is 0.770. The first-order chi connectivity index (χ1) is 12.3. The number of nitrogens with zero attached hydrogens (tertiary/aromatic N) is 1. The van der Waals surface area contributed by atoms with Crippen LogP contribution in [0.4, 0.5) is 0 Å². The lowest BCUT2D eigenvalue weighted by Crippen LogP contribution is -1.96. The molecule has 0 heterocycles. The molecular weight excluding hydrogens is 306 g/mol. The van der Waals surface area contributed by atoms with Crippen LogP contribution >= 0.6 is 0 Å². The molecule has 0 atom stereocenters. The topological polar surface area (TPSA) is 33.0 Å². The van der Waals surface area contributed by atoms with Crippen molar-refractivity contribution in [3.8, 4) is 11.8 Å². The fourth-order valence-electron chi connectivity index (χ4n) is 2.54. The second kappa shape index (κ2) is 7.99. The summed E-state index contributed by atoms with van der Waals surface area (Å²) in [5, 5.41) is 9.55. The minimum Gasteiger partial charge on any atom is -0.488 e. The van der Waals surface area contributed by atoms with Gasteiger partial charge in [0.15, 0.2) is 0 Å². The molecule has 2 heteroatoms. The molecule has 0 saturated carbocycles. The number of rotatable bonds is 5. The molecule has 0 bridgehead atoms. The Balaban J connectivity index is 1.86. The summed E-state index contributed by atoms with van der Waals surface area (Å²) in [7, 11) is 0. The maximum Gasteiger partial charge on any atom is 0.127 e. The van der Waals surface area contributed by atoms with Crippen LogP contribution in [0.15, 0.2) is 78.9 Å². The Bertz CT molecular complexity index is 903. The van der Waals surface area contributed by atoms with E-state index in [1.807, 2.05) is 91.9 Å². The van der Waals surface area contributed by atoms with Gasteiger partial charge in [0.1, 0.15) is 12.4 Å². The first kappa shape index (κ1) is 16.5. The summed E-state index contributed by atoms with van der Waals surface area (Å²) in [6.45, 7) is 2.53. The third kappa shape index (κ3) is 4.37. The predicted molar refractivity (Wildman–Crippen MR) is 102 cm³/mol. The van der Waals surface area contributed by atoms with Gasteiger partial charge in [-0.05, 0) is 30.2 Å². The van der Waals surface area contributed by atoms with E-state index in [9.17, 15) is 5.26 Å². The minimum absolute atomic E-state index is 0.498. The molecular formula is C23H19NO. The minimum atomic E-state index is 0.498. The second-order valence-electron chi connectivity index (χ2n) is 5.85. The fourth-order valence-corrected chi connectivity index (χ4v) is 2.54. The van der Waals surface area contributed by atoms with Gasteiger partial charge >= 0.3 is 0 Å². The van der Waals surface area contributed by atoms with Gasteiger partial charge in [0.05, 0.1) is 11.6 Å². The molecule has 0 fully saturated rings. The van der Waals surface area contributed by atoms with Gasteiger partial charge in [-0.25, -0.2) is 0 Å². The van der Waals surface area contributed by atoms with E-state index in [2.05, 4.69) is 6.07 Å². The van der Waals surface area contributed by atoms with Gasteiger partial charge in [-0.1, -0.05) is 78.4 Å². The number of benzene rings is 3. The standard InChI is InChI=1S/C23H19NO/c1-18-11-13-20(14-12-18)22(16-24)15-21-9-5-6-10-23(21)25-17-19-7-3-2-4-8-19/h2-15H,17H2,1H3/b22-15+. The van der Waals surface area contributed by atoms with E-state index in [-0.39, 0.29) is 0 Å². The van der Waals surface area contributed by atoms with E-state index in [1.165, 1.54) is 5.56 Å². The predicted octanol–water partition coefficient (Wildman–Crippen LogP) is 5.64. The van der Waals surface area contributed by atoms with Crippen molar-refractivity contribution in [3.05, 3.63) is 101 Å². The van der Waals surface area contributed by atoms with Gasteiger partial charge in [-0.15, -0.1) is 0 Å². The molecule has 0 aliphatic rings. The number of hydrogen-bond donors (Lipinski definition) is 0. The lowest BCUT2D eigenvalue weighted by atomic mass is 10.0. The van der Waals surface area contributed by atoms with Crippen LogP contribution in [0.2, 0.25) is 0 Å². The lowest BCUT2D eigenvalue weighted by molar-refractivity contribution is 0.305. The van der Waals surface area contributed by atoms with Crippen molar-refractivity contribution in [1.29, 1.82) is 5.26 Å². The van der Waals surface area contributed by atoms with Crippen LogP contribution in [-0.4, -0.2) is 0 Å². The molecule has 0 aromatic heterocycles. The Morgan fingerprint density at radius 2 is 1.60 bits per heavy atom. The van der Waals surface area contributed by atoms with E-state index < -0.39 is 0 Å². The molecule has 0 unspecified atom stereocenters. The summed E-state index contributed by atoms with van der Waals surface area (Å²) in [6.07, 6.45) is 1.88. The van der Waals surface area contributed by atoms with Crippen LogP contribution in [0.25, 0.3) is 11.6 Å². The van der Waals surface area contributed by atoms with Crippen LogP contribution < -0.4 is 4.74 Å². The second-order valence-corrected chi connectivity index (χ2v) is 5.85. The Hall–Kier alpha value is -3.31. The summed E-state index contributed by atoms with van der Waals surface area (Å²) >= 11 is 0. The number of allylic oxidation sites excluding steroid dienone is 1. The van der Waals surface area contributed by atoms with Gasteiger partial charge in [0, 0.05) is 5.56 Å². The van der Waals surface area contributed by atoms with Crippen molar-refractivity contribution in [2.24, 2.45) is 0 Å². The average molecular weight is 325 g/mol. The van der Waals surface area contributed by atoms with Crippen molar-refractivity contribution in [2.75, 3.05) is 0 Å². The smallest absolute Gasteiger partial charge is 0.127 e. The molecule has 25 heavy (non-hydrogen) atoms. The van der Waals surface area contributed by atoms with E-state index in [1.54, 1.807) is 0 Å². The molecule has 0 aliphatic heterocycles. The van der Waals surface area contributed by atoms with E-state index in [4.69, 9.17) is 4.74 Å². The van der Waals surface area contributed by atoms with Gasteiger partial charge in [-0.2, -0.15) is 5.26 Å². The number of para-hydroxylation sites is 1. The molecule has 122 valence electrons. The molecule has 0 radical (unpaired) electrons. The molecule has 0 saturated heterocycles. The maximum atomic E-state index is 9.55. The lowest BCUT2D eigenvalue weighted by Gasteiger charge is -2.10. The highest BCUT2D eigenvalue weighted by atomic mass is 16.5. The van der Waals surface area contributed by atoms with Crippen LogP contribution in [0.3, 0.4) is 0 Å². The molecule has 0 amide bonds. The first-order valence-corrected chi connectivity index (χ1v) is 8.21. The van der Waals surface area contributed by atoms with E-state index in [0.29, 0.717) is 12.2 Å². The largest absolute Gasteiger partial charge is 0.488 e. The van der Waals surface area contributed by atoms with Gasteiger partial charge in [-0.3, -0.25) is 0 Å². The maximum absolute atomic E-state index is 9.55. The molecule has 2 nitrogen and oxygen atoms in total. The fraction of sp³-hybridized carbons (Fsp3) is 0.0870. The normalized spacial score (nSPS) is 11.0. The van der Waals surface area contributed by atoms with Crippen LogP contribution in [0, 0.1) is 18.3 Å². The highest BCUT2D eigenvalue weighted by Gasteiger charge is 2.05. The van der Waals surface area contributed by atoms with Crippen molar-refractivity contribution < 1.29 is 4.74 Å². The molecule has 0 aliphatic carbocycles. The quantitative estimate of drug-likeness (QED) is 0.449. The summed E-state index contributed by atoms with van der Waals surface area (Å²) in [6, 6.07) is 28.1. The molecule has 3 aromatic rings. The molecule has 0 spiro atoms. The Morgan fingerprint density at radius 3 is 2.32 bits per heavy atom. The van der Waals surface area contributed by atoms with Gasteiger partial charge in [0.25, 0.3) is 0 Å². The van der Waals surface area contributed by atoms with Gasteiger partial charge < -0.3 is 4.74 Å². The third-order valence-electron chi connectivity index (χ3n) is 3.94. The molecule has 3 aromatic carbocycles. The zero-order valence-corrected chi connectivity index (χ0v) is 14.1. The van der Waals surface area contributed by atoms with Crippen molar-refractivity contribution in [3.63, 3.8) is 0 Å². The number of hydrogen-bond acceptors (Lipinski definition) is 2. The number of ether oxygens (including phenoxy) is 1. The van der Waals surface area contributed by atoms with Crippen LogP contribution in [0.5, 0.6) is 5.75 Å². The SMILES string of the molecule is Cc1ccc(/C(C#N)=C/c2ccccc2OCc2ccccc2)cc1. The summed E-state index contributed by atoms with van der Waals surface area (Å²) in [4.78, 5) is 0. The van der Waals surface area contributed by atoms with Crippen LogP contribution in [0.1, 0.15) is 22.3 Å². The molecule has 3 rings (SSSR count). The third-order valence-corrected chi connectivity index (χ3v) is 3.94. The highest BCUT2D eigenvalue weighted by Crippen LogP contribution is 2.25. The van der Waals surface area contributed by atoms with Crippen molar-refractivity contribution in [1.82, 2.24) is 0 Å². The Kier molecular flexibility index (Phi) is 5.29.